The minimum absolute atomic E-state index is 0.181. The van der Waals surface area contributed by atoms with Gasteiger partial charge in [0.25, 0.3) is 5.56 Å². The molecule has 0 aliphatic carbocycles. The summed E-state index contributed by atoms with van der Waals surface area (Å²) in [5, 5.41) is 8.13. The van der Waals surface area contributed by atoms with Crippen LogP contribution in [0.25, 0.3) is 0 Å². The zero-order chi connectivity index (χ0) is 18.6. The second kappa shape index (κ2) is 7.90. The molecule has 3 heterocycles. The molecule has 0 fully saturated rings. The first kappa shape index (κ1) is 17.7. The number of nitrogens with one attached hydrogen (secondary N) is 1. The standard InChI is InChI=1S/C20H19ClN4O2/c21-17-3-4-18(23-11-17)13-27-19-8-20(26)25(24-12-19)6-5-14-1-2-15-9-22-10-16(15)7-14/h1-4,7-8,11-12,22H,5-6,9-10,13H2. The van der Waals surface area contributed by atoms with Gasteiger partial charge in [0.15, 0.2) is 0 Å². The molecular formula is C20H19ClN4O2. The topological polar surface area (TPSA) is 69.0 Å². The van der Waals surface area contributed by atoms with Crippen LogP contribution in [0.4, 0.5) is 0 Å². The maximum atomic E-state index is 12.3. The number of aryl methyl sites for hydroxylation is 2. The van der Waals surface area contributed by atoms with Crippen LogP contribution in [0.1, 0.15) is 22.4 Å². The number of ether oxygens (including phenoxy) is 1. The smallest absolute Gasteiger partial charge is 0.270 e. The predicted octanol–water partition coefficient (Wildman–Crippen LogP) is 2.72. The number of halogens is 1. The van der Waals surface area contributed by atoms with E-state index in [0.717, 1.165) is 25.2 Å². The number of hydrogen-bond donors (Lipinski definition) is 1. The van der Waals surface area contributed by atoms with E-state index in [1.807, 2.05) is 0 Å². The Bertz CT molecular complexity index is 1000. The molecule has 1 aliphatic heterocycles. The summed E-state index contributed by atoms with van der Waals surface area (Å²) in [5.74, 6) is 0.427. The van der Waals surface area contributed by atoms with Gasteiger partial charge in [-0.3, -0.25) is 9.78 Å². The molecule has 7 heteroatoms. The van der Waals surface area contributed by atoms with E-state index in [4.69, 9.17) is 16.3 Å². The molecule has 6 nitrogen and oxygen atoms in total. The molecule has 1 N–H and O–H groups in total. The van der Waals surface area contributed by atoms with Crippen LogP contribution in [0.2, 0.25) is 5.02 Å². The van der Waals surface area contributed by atoms with E-state index < -0.39 is 0 Å². The van der Waals surface area contributed by atoms with Crippen molar-refractivity contribution in [3.05, 3.63) is 86.6 Å². The zero-order valence-electron chi connectivity index (χ0n) is 14.7. The highest BCUT2D eigenvalue weighted by molar-refractivity contribution is 6.30. The van der Waals surface area contributed by atoms with E-state index in [1.165, 1.54) is 27.4 Å². The normalized spacial score (nSPS) is 12.8. The van der Waals surface area contributed by atoms with E-state index in [-0.39, 0.29) is 12.2 Å². The van der Waals surface area contributed by atoms with Crippen LogP contribution in [0.15, 0.2) is 53.6 Å². The highest BCUT2D eigenvalue weighted by Gasteiger charge is 2.10. The van der Waals surface area contributed by atoms with Crippen molar-refractivity contribution < 1.29 is 4.74 Å². The monoisotopic (exact) mass is 382 g/mol. The molecule has 0 saturated carbocycles. The first-order chi connectivity index (χ1) is 13.2. The average Bonchev–Trinajstić information content (AvgIpc) is 3.14. The fraction of sp³-hybridized carbons (Fsp3) is 0.250. The minimum Gasteiger partial charge on any atom is -0.485 e. The molecule has 0 spiro atoms. The summed E-state index contributed by atoms with van der Waals surface area (Å²) in [6, 6.07) is 11.5. The summed E-state index contributed by atoms with van der Waals surface area (Å²) in [4.78, 5) is 16.4. The third-order valence-corrected chi connectivity index (χ3v) is 4.76. The van der Waals surface area contributed by atoms with Gasteiger partial charge in [-0.2, -0.15) is 5.10 Å². The summed E-state index contributed by atoms with van der Waals surface area (Å²) in [5.41, 5.74) is 4.45. The number of pyridine rings is 1. The van der Waals surface area contributed by atoms with Gasteiger partial charge in [-0.05, 0) is 35.2 Å². The number of benzene rings is 1. The zero-order valence-corrected chi connectivity index (χ0v) is 15.4. The van der Waals surface area contributed by atoms with Crippen molar-refractivity contribution in [2.75, 3.05) is 0 Å². The van der Waals surface area contributed by atoms with Crippen LogP contribution >= 0.6 is 11.6 Å². The van der Waals surface area contributed by atoms with Crippen molar-refractivity contribution in [1.29, 1.82) is 0 Å². The molecular weight excluding hydrogens is 364 g/mol. The number of hydrogen-bond acceptors (Lipinski definition) is 5. The summed E-state index contributed by atoms with van der Waals surface area (Å²) in [6.45, 7) is 2.63. The van der Waals surface area contributed by atoms with Gasteiger partial charge in [0.2, 0.25) is 0 Å². The van der Waals surface area contributed by atoms with Gasteiger partial charge >= 0.3 is 0 Å². The number of rotatable bonds is 6. The maximum absolute atomic E-state index is 12.3. The second-order valence-electron chi connectivity index (χ2n) is 6.47. The van der Waals surface area contributed by atoms with Gasteiger partial charge in [-0.1, -0.05) is 29.8 Å². The van der Waals surface area contributed by atoms with Crippen LogP contribution in [0.3, 0.4) is 0 Å². The molecule has 2 aromatic heterocycles. The molecule has 3 aromatic rings. The van der Waals surface area contributed by atoms with Crippen LogP contribution in [-0.4, -0.2) is 14.8 Å². The Balaban J connectivity index is 1.36. The molecule has 1 aromatic carbocycles. The lowest BCUT2D eigenvalue weighted by molar-refractivity contribution is 0.297. The Labute approximate surface area is 161 Å². The van der Waals surface area contributed by atoms with Gasteiger partial charge in [0.05, 0.1) is 16.9 Å². The average molecular weight is 383 g/mol. The quantitative estimate of drug-likeness (QED) is 0.710. The fourth-order valence-electron chi connectivity index (χ4n) is 3.05. The molecule has 0 atom stereocenters. The molecule has 27 heavy (non-hydrogen) atoms. The first-order valence-corrected chi connectivity index (χ1v) is 9.17. The lowest BCUT2D eigenvalue weighted by atomic mass is 10.0. The van der Waals surface area contributed by atoms with Crippen molar-refractivity contribution in [1.82, 2.24) is 20.1 Å². The van der Waals surface area contributed by atoms with Crippen LogP contribution in [0, 0.1) is 0 Å². The lowest BCUT2D eigenvalue weighted by Gasteiger charge is -2.08. The molecule has 0 bridgehead atoms. The molecule has 138 valence electrons. The maximum Gasteiger partial charge on any atom is 0.270 e. The van der Waals surface area contributed by atoms with E-state index in [2.05, 4.69) is 33.6 Å². The Morgan fingerprint density at radius 3 is 2.81 bits per heavy atom. The highest BCUT2D eigenvalue weighted by Crippen LogP contribution is 2.17. The predicted molar refractivity (Wildman–Crippen MR) is 103 cm³/mol. The third kappa shape index (κ3) is 4.35. The largest absolute Gasteiger partial charge is 0.485 e. The number of aromatic nitrogens is 3. The number of nitrogens with zero attached hydrogens (tertiary/aromatic N) is 3. The highest BCUT2D eigenvalue weighted by atomic mass is 35.5. The van der Waals surface area contributed by atoms with Crippen molar-refractivity contribution in [3.63, 3.8) is 0 Å². The van der Waals surface area contributed by atoms with Gasteiger partial charge in [-0.25, -0.2) is 4.68 Å². The van der Waals surface area contributed by atoms with E-state index >= 15 is 0 Å². The second-order valence-corrected chi connectivity index (χ2v) is 6.90. The number of fused-ring (bicyclic) bond motifs is 1. The Kier molecular flexibility index (Phi) is 5.18. The third-order valence-electron chi connectivity index (χ3n) is 4.53. The van der Waals surface area contributed by atoms with Crippen LogP contribution < -0.4 is 15.6 Å². The van der Waals surface area contributed by atoms with E-state index in [9.17, 15) is 4.79 Å². The minimum atomic E-state index is -0.181. The van der Waals surface area contributed by atoms with Crippen molar-refractivity contribution >= 4 is 11.6 Å². The lowest BCUT2D eigenvalue weighted by Crippen LogP contribution is -2.23. The Morgan fingerprint density at radius 2 is 2.00 bits per heavy atom. The van der Waals surface area contributed by atoms with E-state index in [0.29, 0.717) is 17.3 Å². The van der Waals surface area contributed by atoms with Crippen molar-refractivity contribution in [2.24, 2.45) is 0 Å². The van der Waals surface area contributed by atoms with Gasteiger partial charge in [-0.15, -0.1) is 0 Å². The van der Waals surface area contributed by atoms with Crippen LogP contribution in [0.5, 0.6) is 5.75 Å². The SMILES string of the molecule is O=c1cc(OCc2ccc(Cl)cn2)cnn1CCc1ccc2c(c1)CNC2. The van der Waals surface area contributed by atoms with Gasteiger partial charge in [0.1, 0.15) is 12.4 Å². The summed E-state index contributed by atoms with van der Waals surface area (Å²) < 4.78 is 7.05. The Morgan fingerprint density at radius 1 is 1.11 bits per heavy atom. The molecule has 0 amide bonds. The molecule has 1 aliphatic rings. The molecule has 0 saturated heterocycles. The molecule has 4 rings (SSSR count). The van der Waals surface area contributed by atoms with Crippen LogP contribution in [-0.2, 0) is 32.7 Å². The fourth-order valence-corrected chi connectivity index (χ4v) is 3.16. The van der Waals surface area contributed by atoms with E-state index in [1.54, 1.807) is 24.5 Å². The summed E-state index contributed by atoms with van der Waals surface area (Å²) >= 11 is 5.81. The van der Waals surface area contributed by atoms with Gasteiger partial charge in [0, 0.05) is 31.9 Å². The summed E-state index contributed by atoms with van der Waals surface area (Å²) in [6.07, 6.45) is 3.88. The van der Waals surface area contributed by atoms with Gasteiger partial charge < -0.3 is 10.1 Å². The molecule has 0 radical (unpaired) electrons. The van der Waals surface area contributed by atoms with Crippen molar-refractivity contribution in [2.45, 2.75) is 32.7 Å². The first-order valence-electron chi connectivity index (χ1n) is 8.79. The Hall–Kier alpha value is -2.70. The molecule has 0 unspecified atom stereocenters. The van der Waals surface area contributed by atoms with Crippen molar-refractivity contribution in [3.8, 4) is 5.75 Å². The summed E-state index contributed by atoms with van der Waals surface area (Å²) in [7, 11) is 0.